The van der Waals surface area contributed by atoms with E-state index < -0.39 is 0 Å². The maximum absolute atomic E-state index is 12.4. The predicted molar refractivity (Wildman–Crippen MR) is 121 cm³/mol. The Morgan fingerprint density at radius 1 is 0.867 bits per heavy atom. The lowest BCUT2D eigenvalue weighted by atomic mass is 10.2. The lowest BCUT2D eigenvalue weighted by Gasteiger charge is -2.16. The molecule has 0 aliphatic heterocycles. The maximum atomic E-state index is 12.4. The summed E-state index contributed by atoms with van der Waals surface area (Å²) in [7, 11) is 1.74. The average molecular weight is 421 g/mol. The van der Waals surface area contributed by atoms with Crippen molar-refractivity contribution in [2.75, 3.05) is 30.8 Å². The molecule has 3 aromatic rings. The van der Waals surface area contributed by atoms with E-state index in [1.54, 1.807) is 29.9 Å². The number of nitrogens with one attached hydrogen (secondary N) is 2. The molecule has 30 heavy (non-hydrogen) atoms. The lowest BCUT2D eigenvalue weighted by molar-refractivity contribution is -0.119. The SMILES string of the molecule is CN(CC(=O)Nc1ccccc1)CC(=O)Nc1cccc(CSc2ccccn2)c1. The third-order valence-electron chi connectivity index (χ3n) is 4.12. The molecule has 0 radical (unpaired) electrons. The molecule has 2 amide bonds. The number of anilines is 2. The Morgan fingerprint density at radius 2 is 1.53 bits per heavy atom. The van der Waals surface area contributed by atoms with Crippen molar-refractivity contribution in [2.45, 2.75) is 10.8 Å². The Bertz CT molecular complexity index is 967. The topological polar surface area (TPSA) is 74.3 Å². The standard InChI is InChI=1S/C23H24N4O2S/c1-27(15-21(28)25-19-9-3-2-4-10-19)16-22(29)26-20-11-7-8-18(14-20)17-30-23-12-5-6-13-24-23/h2-14H,15-17H2,1H3,(H,25,28)(H,26,29). The monoisotopic (exact) mass is 420 g/mol. The highest BCUT2D eigenvalue weighted by Crippen LogP contribution is 2.22. The van der Waals surface area contributed by atoms with Gasteiger partial charge in [0.1, 0.15) is 0 Å². The van der Waals surface area contributed by atoms with Gasteiger partial charge in [-0.3, -0.25) is 14.5 Å². The predicted octanol–water partition coefficient (Wildman–Crippen LogP) is 3.88. The van der Waals surface area contributed by atoms with Crippen molar-refractivity contribution in [1.29, 1.82) is 0 Å². The molecule has 2 N–H and O–H groups in total. The van der Waals surface area contributed by atoms with Gasteiger partial charge < -0.3 is 10.6 Å². The van der Waals surface area contributed by atoms with Gasteiger partial charge in [0.2, 0.25) is 11.8 Å². The second-order valence-corrected chi connectivity index (χ2v) is 7.79. The molecule has 2 aromatic carbocycles. The maximum Gasteiger partial charge on any atom is 0.238 e. The van der Waals surface area contributed by atoms with Crippen LogP contribution < -0.4 is 10.6 Å². The quantitative estimate of drug-likeness (QED) is 0.514. The Balaban J connectivity index is 1.45. The van der Waals surface area contributed by atoms with Gasteiger partial charge in [0.15, 0.2) is 0 Å². The fourth-order valence-corrected chi connectivity index (χ4v) is 3.60. The Labute approximate surface area is 180 Å². The van der Waals surface area contributed by atoms with E-state index in [9.17, 15) is 9.59 Å². The van der Waals surface area contributed by atoms with Gasteiger partial charge in [-0.25, -0.2) is 4.98 Å². The van der Waals surface area contributed by atoms with E-state index in [2.05, 4.69) is 15.6 Å². The minimum Gasteiger partial charge on any atom is -0.325 e. The third kappa shape index (κ3) is 7.35. The fraction of sp³-hybridized carbons (Fsp3) is 0.174. The summed E-state index contributed by atoms with van der Waals surface area (Å²) in [5, 5.41) is 6.67. The molecular weight excluding hydrogens is 396 g/mol. The summed E-state index contributed by atoms with van der Waals surface area (Å²) in [5.41, 5.74) is 2.57. The van der Waals surface area contributed by atoms with Gasteiger partial charge in [0.05, 0.1) is 18.1 Å². The summed E-state index contributed by atoms with van der Waals surface area (Å²) in [5.74, 6) is 0.435. The molecule has 7 heteroatoms. The van der Waals surface area contributed by atoms with E-state index >= 15 is 0 Å². The van der Waals surface area contributed by atoms with Crippen molar-refractivity contribution < 1.29 is 9.59 Å². The molecule has 0 aliphatic rings. The summed E-state index contributed by atoms with van der Waals surface area (Å²) >= 11 is 1.64. The number of pyridine rings is 1. The molecule has 0 saturated carbocycles. The van der Waals surface area contributed by atoms with Crippen LogP contribution >= 0.6 is 11.8 Å². The smallest absolute Gasteiger partial charge is 0.238 e. The van der Waals surface area contributed by atoms with Crippen molar-refractivity contribution >= 4 is 35.0 Å². The number of amides is 2. The first-order chi connectivity index (χ1) is 14.6. The fourth-order valence-electron chi connectivity index (χ4n) is 2.80. The zero-order chi connectivity index (χ0) is 21.2. The zero-order valence-electron chi connectivity index (χ0n) is 16.7. The number of likely N-dealkylation sites (N-methyl/N-ethyl adjacent to an activating group) is 1. The van der Waals surface area contributed by atoms with Crippen LogP contribution in [-0.4, -0.2) is 41.8 Å². The zero-order valence-corrected chi connectivity index (χ0v) is 17.6. The van der Waals surface area contributed by atoms with Gasteiger partial charge in [0, 0.05) is 23.3 Å². The highest BCUT2D eigenvalue weighted by atomic mass is 32.2. The van der Waals surface area contributed by atoms with E-state index in [1.165, 1.54) is 0 Å². The van der Waals surface area contributed by atoms with Gasteiger partial charge in [-0.15, -0.1) is 11.8 Å². The molecule has 0 unspecified atom stereocenters. The minimum absolute atomic E-state index is 0.120. The van der Waals surface area contributed by atoms with Crippen LogP contribution in [0.2, 0.25) is 0 Å². The number of para-hydroxylation sites is 1. The molecule has 3 rings (SSSR count). The largest absolute Gasteiger partial charge is 0.325 e. The van der Waals surface area contributed by atoms with Gasteiger partial charge >= 0.3 is 0 Å². The molecule has 1 aromatic heterocycles. The minimum atomic E-state index is -0.167. The van der Waals surface area contributed by atoms with Crippen LogP contribution in [0.25, 0.3) is 0 Å². The number of aromatic nitrogens is 1. The van der Waals surface area contributed by atoms with Crippen LogP contribution in [0.15, 0.2) is 84.0 Å². The summed E-state index contributed by atoms with van der Waals surface area (Å²) in [4.78, 5) is 30.4. The Hall–Kier alpha value is -3.16. The van der Waals surface area contributed by atoms with Crippen molar-refractivity contribution in [3.8, 4) is 0 Å². The number of rotatable bonds is 9. The van der Waals surface area contributed by atoms with Gasteiger partial charge in [-0.1, -0.05) is 36.4 Å². The van der Waals surface area contributed by atoms with Gasteiger partial charge in [0.25, 0.3) is 0 Å². The number of hydrogen-bond donors (Lipinski definition) is 2. The molecule has 0 spiro atoms. The molecule has 1 heterocycles. The second kappa shape index (κ2) is 11.1. The van der Waals surface area contributed by atoms with Crippen LogP contribution in [0, 0.1) is 0 Å². The van der Waals surface area contributed by atoms with E-state index in [4.69, 9.17) is 0 Å². The second-order valence-electron chi connectivity index (χ2n) is 6.79. The molecule has 0 saturated heterocycles. The average Bonchev–Trinajstić information content (AvgIpc) is 2.73. The number of carbonyl (C=O) groups excluding carboxylic acids is 2. The summed E-state index contributed by atoms with van der Waals surface area (Å²) in [6, 6.07) is 22.8. The summed E-state index contributed by atoms with van der Waals surface area (Å²) in [6.45, 7) is 0.248. The van der Waals surface area contributed by atoms with E-state index in [0.717, 1.165) is 27.7 Å². The first-order valence-electron chi connectivity index (χ1n) is 9.54. The van der Waals surface area contributed by atoms with E-state index in [-0.39, 0.29) is 24.9 Å². The van der Waals surface area contributed by atoms with E-state index in [1.807, 2.05) is 72.8 Å². The number of benzene rings is 2. The highest BCUT2D eigenvalue weighted by molar-refractivity contribution is 7.98. The molecular formula is C23H24N4O2S. The molecule has 0 fully saturated rings. The first kappa shape index (κ1) is 21.5. The summed E-state index contributed by atoms with van der Waals surface area (Å²) < 4.78 is 0. The van der Waals surface area contributed by atoms with Gasteiger partial charge in [-0.05, 0) is 49.0 Å². The van der Waals surface area contributed by atoms with E-state index in [0.29, 0.717) is 0 Å². The molecule has 154 valence electrons. The number of carbonyl (C=O) groups is 2. The number of hydrogen-bond acceptors (Lipinski definition) is 5. The molecule has 0 aliphatic carbocycles. The summed E-state index contributed by atoms with van der Waals surface area (Å²) in [6.07, 6.45) is 1.77. The van der Waals surface area contributed by atoms with Crippen LogP contribution in [0.3, 0.4) is 0 Å². The Morgan fingerprint density at radius 3 is 2.23 bits per heavy atom. The first-order valence-corrected chi connectivity index (χ1v) is 10.5. The normalized spacial score (nSPS) is 10.6. The van der Waals surface area contributed by atoms with Crippen molar-refractivity contribution in [3.63, 3.8) is 0 Å². The molecule has 0 bridgehead atoms. The van der Waals surface area contributed by atoms with Crippen LogP contribution in [0.4, 0.5) is 11.4 Å². The van der Waals surface area contributed by atoms with Gasteiger partial charge in [-0.2, -0.15) is 0 Å². The number of nitrogens with zero attached hydrogens (tertiary/aromatic N) is 2. The van der Waals surface area contributed by atoms with Crippen LogP contribution in [0.1, 0.15) is 5.56 Å². The van der Waals surface area contributed by atoms with Crippen molar-refractivity contribution in [2.24, 2.45) is 0 Å². The Kier molecular flexibility index (Phi) is 8.00. The molecule has 6 nitrogen and oxygen atoms in total. The molecule has 0 atom stereocenters. The van der Waals surface area contributed by atoms with Crippen LogP contribution in [0.5, 0.6) is 0 Å². The lowest BCUT2D eigenvalue weighted by Crippen LogP contribution is -2.36. The van der Waals surface area contributed by atoms with Crippen molar-refractivity contribution in [1.82, 2.24) is 9.88 Å². The number of thioether (sulfide) groups is 1. The van der Waals surface area contributed by atoms with Crippen LogP contribution in [-0.2, 0) is 15.3 Å². The van der Waals surface area contributed by atoms with Crippen molar-refractivity contribution in [3.05, 3.63) is 84.6 Å². The third-order valence-corrected chi connectivity index (χ3v) is 5.13. The highest BCUT2D eigenvalue weighted by Gasteiger charge is 2.11.